The predicted octanol–water partition coefficient (Wildman–Crippen LogP) is 2.19. The van der Waals surface area contributed by atoms with Gasteiger partial charge in [-0.05, 0) is 31.9 Å². The molecule has 0 radical (unpaired) electrons. The molecule has 1 rings (SSSR count). The van der Waals surface area contributed by atoms with Gasteiger partial charge in [-0.15, -0.1) is 0 Å². The SMILES string of the molecule is Cc1cc(C)c(S(=O)O)c(C)c1. The molecule has 3 heteroatoms. The van der Waals surface area contributed by atoms with Gasteiger partial charge < -0.3 is 4.55 Å². The van der Waals surface area contributed by atoms with E-state index < -0.39 is 11.1 Å². The summed E-state index contributed by atoms with van der Waals surface area (Å²) in [6, 6.07) is 3.83. The first-order chi connectivity index (χ1) is 5.52. The molecule has 0 aliphatic carbocycles. The number of aryl methyl sites for hydroxylation is 3. The Bertz CT molecular complexity index is 308. The molecule has 0 heterocycles. The van der Waals surface area contributed by atoms with Crippen molar-refractivity contribution in [1.29, 1.82) is 0 Å². The summed E-state index contributed by atoms with van der Waals surface area (Å²) in [5.74, 6) is 0. The van der Waals surface area contributed by atoms with Gasteiger partial charge in [0.2, 0.25) is 0 Å². The van der Waals surface area contributed by atoms with E-state index in [1.807, 2.05) is 32.9 Å². The molecule has 0 aliphatic rings. The number of benzene rings is 1. The summed E-state index contributed by atoms with van der Waals surface area (Å²) >= 11 is -1.86. The normalized spacial score (nSPS) is 13.0. The maximum absolute atomic E-state index is 10.9. The fourth-order valence-corrected chi connectivity index (χ4v) is 2.11. The van der Waals surface area contributed by atoms with Crippen LogP contribution >= 0.6 is 0 Å². The third-order valence-corrected chi connectivity index (χ3v) is 2.77. The van der Waals surface area contributed by atoms with E-state index >= 15 is 0 Å². The minimum Gasteiger partial charge on any atom is -0.302 e. The molecule has 12 heavy (non-hydrogen) atoms. The van der Waals surface area contributed by atoms with E-state index in [-0.39, 0.29) is 0 Å². The van der Waals surface area contributed by atoms with Crippen LogP contribution in [-0.2, 0) is 11.1 Å². The molecule has 0 aliphatic heterocycles. The number of rotatable bonds is 1. The Morgan fingerprint density at radius 1 is 1.17 bits per heavy atom. The average molecular weight is 184 g/mol. The van der Waals surface area contributed by atoms with Crippen LogP contribution in [0.25, 0.3) is 0 Å². The van der Waals surface area contributed by atoms with Crippen molar-refractivity contribution in [2.24, 2.45) is 0 Å². The molecular formula is C9H12O2S. The van der Waals surface area contributed by atoms with Gasteiger partial charge in [0, 0.05) is 0 Å². The van der Waals surface area contributed by atoms with Crippen LogP contribution in [0.2, 0.25) is 0 Å². The highest BCUT2D eigenvalue weighted by atomic mass is 32.2. The molecule has 0 amide bonds. The Balaban J connectivity index is 3.38. The average Bonchev–Trinajstić information content (AvgIpc) is 1.82. The Labute approximate surface area is 74.9 Å². The molecule has 1 unspecified atom stereocenters. The van der Waals surface area contributed by atoms with Crippen molar-refractivity contribution in [3.8, 4) is 0 Å². The van der Waals surface area contributed by atoms with Crippen LogP contribution < -0.4 is 0 Å². The summed E-state index contributed by atoms with van der Waals surface area (Å²) in [6.07, 6.45) is 0. The molecule has 1 N–H and O–H groups in total. The molecule has 0 bridgehead atoms. The number of hydrogen-bond acceptors (Lipinski definition) is 1. The summed E-state index contributed by atoms with van der Waals surface area (Å²) < 4.78 is 19.8. The number of hydrogen-bond donors (Lipinski definition) is 1. The minimum atomic E-state index is -1.86. The summed E-state index contributed by atoms with van der Waals surface area (Å²) in [5.41, 5.74) is 2.89. The molecule has 0 saturated heterocycles. The molecule has 0 saturated carbocycles. The molecule has 0 fully saturated rings. The van der Waals surface area contributed by atoms with Gasteiger partial charge in [-0.25, -0.2) is 4.21 Å². The summed E-state index contributed by atoms with van der Waals surface area (Å²) in [6.45, 7) is 5.68. The van der Waals surface area contributed by atoms with Gasteiger partial charge >= 0.3 is 0 Å². The van der Waals surface area contributed by atoms with Crippen LogP contribution in [0.15, 0.2) is 17.0 Å². The highest BCUT2D eigenvalue weighted by Crippen LogP contribution is 2.18. The van der Waals surface area contributed by atoms with Crippen molar-refractivity contribution >= 4 is 11.1 Å². The van der Waals surface area contributed by atoms with Crippen molar-refractivity contribution in [2.75, 3.05) is 0 Å². The van der Waals surface area contributed by atoms with Gasteiger partial charge in [-0.3, -0.25) is 0 Å². The predicted molar refractivity (Wildman–Crippen MR) is 49.7 cm³/mol. The van der Waals surface area contributed by atoms with Gasteiger partial charge in [0.1, 0.15) is 0 Å². The second kappa shape index (κ2) is 3.37. The van der Waals surface area contributed by atoms with Crippen LogP contribution in [-0.4, -0.2) is 8.76 Å². The van der Waals surface area contributed by atoms with E-state index in [4.69, 9.17) is 4.55 Å². The van der Waals surface area contributed by atoms with Gasteiger partial charge in [-0.1, -0.05) is 17.7 Å². The topological polar surface area (TPSA) is 37.3 Å². The summed E-state index contributed by atoms with van der Waals surface area (Å²) in [4.78, 5) is 0.542. The quantitative estimate of drug-likeness (QED) is 0.679. The first-order valence-corrected chi connectivity index (χ1v) is 4.81. The van der Waals surface area contributed by atoms with Gasteiger partial charge in [-0.2, -0.15) is 0 Å². The molecular weight excluding hydrogens is 172 g/mol. The Kier molecular flexibility index (Phi) is 2.65. The van der Waals surface area contributed by atoms with Crippen LogP contribution in [0.5, 0.6) is 0 Å². The zero-order chi connectivity index (χ0) is 9.30. The Morgan fingerprint density at radius 2 is 1.58 bits per heavy atom. The lowest BCUT2D eigenvalue weighted by Gasteiger charge is -2.06. The zero-order valence-electron chi connectivity index (χ0n) is 7.42. The van der Waals surface area contributed by atoms with Gasteiger partial charge in [0.15, 0.2) is 11.1 Å². The van der Waals surface area contributed by atoms with E-state index in [2.05, 4.69) is 0 Å². The Hall–Kier alpha value is -0.670. The lowest BCUT2D eigenvalue weighted by atomic mass is 10.1. The second-order valence-electron chi connectivity index (χ2n) is 2.98. The van der Waals surface area contributed by atoms with Crippen LogP contribution in [0.3, 0.4) is 0 Å². The maximum Gasteiger partial charge on any atom is 0.187 e. The van der Waals surface area contributed by atoms with Crippen LogP contribution in [0, 0.1) is 20.8 Å². The second-order valence-corrected chi connectivity index (χ2v) is 3.88. The Morgan fingerprint density at radius 3 is 1.92 bits per heavy atom. The van der Waals surface area contributed by atoms with Crippen molar-refractivity contribution in [2.45, 2.75) is 25.7 Å². The van der Waals surface area contributed by atoms with Crippen LogP contribution in [0.1, 0.15) is 16.7 Å². The van der Waals surface area contributed by atoms with Crippen molar-refractivity contribution in [1.82, 2.24) is 0 Å². The lowest BCUT2D eigenvalue weighted by Crippen LogP contribution is -1.96. The van der Waals surface area contributed by atoms with E-state index in [0.29, 0.717) is 4.90 Å². The standard InChI is InChI=1S/C9H12O2S/c1-6-4-7(2)9(12(10)11)8(3)5-6/h4-5H,1-3H3,(H,10,11). The highest BCUT2D eigenvalue weighted by Gasteiger charge is 2.08. The highest BCUT2D eigenvalue weighted by molar-refractivity contribution is 7.79. The molecule has 66 valence electrons. The van der Waals surface area contributed by atoms with E-state index in [1.54, 1.807) is 0 Å². The largest absolute Gasteiger partial charge is 0.302 e. The van der Waals surface area contributed by atoms with Gasteiger partial charge in [0.25, 0.3) is 0 Å². The summed E-state index contributed by atoms with van der Waals surface area (Å²) in [5, 5.41) is 0. The first-order valence-electron chi connectivity index (χ1n) is 3.71. The smallest absolute Gasteiger partial charge is 0.187 e. The fraction of sp³-hybridized carbons (Fsp3) is 0.333. The molecule has 0 spiro atoms. The first kappa shape index (κ1) is 9.42. The molecule has 1 atom stereocenters. The maximum atomic E-state index is 10.9. The lowest BCUT2D eigenvalue weighted by molar-refractivity contribution is 0.563. The minimum absolute atomic E-state index is 0.542. The zero-order valence-corrected chi connectivity index (χ0v) is 8.23. The fourth-order valence-electron chi connectivity index (χ4n) is 1.44. The van der Waals surface area contributed by atoms with Crippen molar-refractivity contribution < 1.29 is 8.76 Å². The molecule has 2 nitrogen and oxygen atoms in total. The van der Waals surface area contributed by atoms with E-state index in [1.165, 1.54) is 0 Å². The summed E-state index contributed by atoms with van der Waals surface area (Å²) in [7, 11) is 0. The van der Waals surface area contributed by atoms with Gasteiger partial charge in [0.05, 0.1) is 4.90 Å². The monoisotopic (exact) mass is 184 g/mol. The molecule has 0 aromatic heterocycles. The van der Waals surface area contributed by atoms with E-state index in [9.17, 15) is 4.21 Å². The molecule has 1 aromatic carbocycles. The molecule has 1 aromatic rings. The van der Waals surface area contributed by atoms with Crippen LogP contribution in [0.4, 0.5) is 0 Å². The third-order valence-electron chi connectivity index (χ3n) is 1.78. The van der Waals surface area contributed by atoms with Crippen molar-refractivity contribution in [3.05, 3.63) is 28.8 Å². The van der Waals surface area contributed by atoms with Crippen molar-refractivity contribution in [3.63, 3.8) is 0 Å². The van der Waals surface area contributed by atoms with E-state index in [0.717, 1.165) is 16.7 Å². The third kappa shape index (κ3) is 1.73.